The number of nitrogens with zero attached hydrogens (tertiary/aromatic N) is 1. The van der Waals surface area contributed by atoms with E-state index in [-0.39, 0.29) is 17.1 Å². The second kappa shape index (κ2) is 4.64. The van der Waals surface area contributed by atoms with Gasteiger partial charge in [0.2, 0.25) is 0 Å². The molecule has 4 nitrogen and oxygen atoms in total. The zero-order valence-electron chi connectivity index (χ0n) is 10.4. The first-order valence-corrected chi connectivity index (χ1v) is 5.77. The zero-order valence-corrected chi connectivity index (χ0v) is 10.4. The first kappa shape index (κ1) is 12.4. The summed E-state index contributed by atoms with van der Waals surface area (Å²) in [6.45, 7) is 1.29. The Morgan fingerprint density at radius 2 is 1.94 bits per heavy atom. The van der Waals surface area contributed by atoms with Gasteiger partial charge in [0.15, 0.2) is 5.78 Å². The Balaban J connectivity index is 2.29. The average molecular weight is 245 g/mol. The van der Waals surface area contributed by atoms with Crippen molar-refractivity contribution >= 4 is 11.7 Å². The third-order valence-electron chi connectivity index (χ3n) is 3.20. The molecule has 94 valence electrons. The molecule has 1 aromatic rings. The van der Waals surface area contributed by atoms with Gasteiger partial charge in [0, 0.05) is 13.5 Å². The van der Waals surface area contributed by atoms with Gasteiger partial charge in [0.1, 0.15) is 11.3 Å². The van der Waals surface area contributed by atoms with Crippen molar-refractivity contribution in [2.75, 3.05) is 7.05 Å². The van der Waals surface area contributed by atoms with Crippen LogP contribution in [0.15, 0.2) is 41.7 Å². The van der Waals surface area contributed by atoms with E-state index in [4.69, 9.17) is 0 Å². The van der Waals surface area contributed by atoms with Gasteiger partial charge < -0.3 is 10.0 Å². The van der Waals surface area contributed by atoms with Gasteiger partial charge in [-0.25, -0.2) is 0 Å². The van der Waals surface area contributed by atoms with Crippen LogP contribution in [0.1, 0.15) is 12.5 Å². The van der Waals surface area contributed by atoms with Gasteiger partial charge in [-0.15, -0.1) is 0 Å². The number of hydrogen-bond acceptors (Lipinski definition) is 3. The Labute approximate surface area is 106 Å². The number of aliphatic hydroxyl groups is 1. The Morgan fingerprint density at radius 3 is 2.44 bits per heavy atom. The van der Waals surface area contributed by atoms with Gasteiger partial charge in [-0.3, -0.25) is 9.59 Å². The number of hydrogen-bond donors (Lipinski definition) is 1. The molecular weight excluding hydrogens is 230 g/mol. The molecule has 1 N–H and O–H groups in total. The summed E-state index contributed by atoms with van der Waals surface area (Å²) in [7, 11) is 1.60. The largest absolute Gasteiger partial charge is 0.509 e. The summed E-state index contributed by atoms with van der Waals surface area (Å²) in [4.78, 5) is 24.6. The molecule has 1 aliphatic heterocycles. The molecule has 0 unspecified atom stereocenters. The molecule has 18 heavy (non-hydrogen) atoms. The summed E-state index contributed by atoms with van der Waals surface area (Å²) in [5.41, 5.74) is 0.928. The van der Waals surface area contributed by atoms with Crippen LogP contribution in [0, 0.1) is 0 Å². The molecule has 0 saturated carbocycles. The van der Waals surface area contributed by atoms with E-state index in [1.54, 1.807) is 7.05 Å². The zero-order chi connectivity index (χ0) is 13.3. The van der Waals surface area contributed by atoms with Crippen LogP contribution >= 0.6 is 0 Å². The molecule has 0 aromatic heterocycles. The highest BCUT2D eigenvalue weighted by atomic mass is 16.3. The molecule has 1 aliphatic rings. The van der Waals surface area contributed by atoms with E-state index in [0.29, 0.717) is 6.42 Å². The molecule has 4 heteroatoms. The minimum absolute atomic E-state index is 0.0848. The fourth-order valence-corrected chi connectivity index (χ4v) is 2.18. The number of carbonyl (C=O) groups excluding carboxylic acids is 2. The molecule has 0 aliphatic carbocycles. The average Bonchev–Trinajstić information content (AvgIpc) is 2.55. The van der Waals surface area contributed by atoms with Gasteiger partial charge in [-0.1, -0.05) is 30.3 Å². The number of ketones is 1. The van der Waals surface area contributed by atoms with Crippen molar-refractivity contribution in [3.05, 3.63) is 47.2 Å². The lowest BCUT2D eigenvalue weighted by Gasteiger charge is -2.20. The van der Waals surface area contributed by atoms with E-state index in [1.165, 1.54) is 11.8 Å². The van der Waals surface area contributed by atoms with E-state index in [2.05, 4.69) is 0 Å². The fraction of sp³-hybridized carbons (Fsp3) is 0.286. The second-order valence-corrected chi connectivity index (χ2v) is 4.44. The lowest BCUT2D eigenvalue weighted by Crippen LogP contribution is -2.33. The van der Waals surface area contributed by atoms with Crippen LogP contribution < -0.4 is 0 Å². The summed E-state index contributed by atoms with van der Waals surface area (Å²) in [6, 6.07) is 9.12. The van der Waals surface area contributed by atoms with Crippen molar-refractivity contribution in [2.45, 2.75) is 19.4 Å². The predicted molar refractivity (Wildman–Crippen MR) is 67.0 cm³/mol. The van der Waals surface area contributed by atoms with Crippen LogP contribution in [0.4, 0.5) is 0 Å². The Kier molecular flexibility index (Phi) is 3.19. The van der Waals surface area contributed by atoms with Gasteiger partial charge in [0.05, 0.1) is 6.04 Å². The number of rotatable bonds is 3. The number of aliphatic hydroxyl groups excluding tert-OH is 1. The van der Waals surface area contributed by atoms with Crippen LogP contribution in [0.25, 0.3) is 0 Å². The van der Waals surface area contributed by atoms with Crippen LogP contribution in [-0.2, 0) is 16.0 Å². The van der Waals surface area contributed by atoms with E-state index < -0.39 is 11.9 Å². The fourth-order valence-electron chi connectivity index (χ4n) is 2.18. The van der Waals surface area contributed by atoms with Crippen molar-refractivity contribution in [2.24, 2.45) is 0 Å². The van der Waals surface area contributed by atoms with Crippen molar-refractivity contribution in [1.82, 2.24) is 4.90 Å². The summed E-state index contributed by atoms with van der Waals surface area (Å²) in [5.74, 6) is -0.903. The van der Waals surface area contributed by atoms with E-state index in [9.17, 15) is 14.7 Å². The second-order valence-electron chi connectivity index (χ2n) is 4.44. The molecular formula is C14H15NO3. The highest BCUT2D eigenvalue weighted by Crippen LogP contribution is 2.26. The number of likely N-dealkylation sites (N-methyl/N-ethyl adjacent to an activating group) is 1. The minimum Gasteiger partial charge on any atom is -0.509 e. The summed E-state index contributed by atoms with van der Waals surface area (Å²) >= 11 is 0. The number of amides is 1. The maximum absolute atomic E-state index is 11.8. The van der Waals surface area contributed by atoms with Gasteiger partial charge in [0.25, 0.3) is 5.91 Å². The summed E-state index contributed by atoms with van der Waals surface area (Å²) in [6.07, 6.45) is 0.506. The number of carbonyl (C=O) groups is 2. The monoisotopic (exact) mass is 245 g/mol. The van der Waals surface area contributed by atoms with Gasteiger partial charge in [-0.2, -0.15) is 0 Å². The van der Waals surface area contributed by atoms with Crippen molar-refractivity contribution in [3.63, 3.8) is 0 Å². The highest BCUT2D eigenvalue weighted by molar-refractivity contribution is 6.20. The number of Topliss-reactive ketones (excluding diaryl/α,β-unsaturated/α-hetero) is 1. The quantitative estimate of drug-likeness (QED) is 0.820. The summed E-state index contributed by atoms with van der Waals surface area (Å²) < 4.78 is 0. The van der Waals surface area contributed by atoms with Crippen molar-refractivity contribution < 1.29 is 14.7 Å². The van der Waals surface area contributed by atoms with Gasteiger partial charge >= 0.3 is 0 Å². The minimum atomic E-state index is -0.446. The molecule has 2 rings (SSSR count). The van der Waals surface area contributed by atoms with Crippen molar-refractivity contribution in [1.29, 1.82) is 0 Å². The third kappa shape index (κ3) is 2.01. The van der Waals surface area contributed by atoms with E-state index in [0.717, 1.165) is 5.56 Å². The predicted octanol–water partition coefficient (Wildman–Crippen LogP) is 1.47. The molecule has 0 fully saturated rings. The molecule has 0 radical (unpaired) electrons. The standard InChI is InChI=1S/C14H15NO3/c1-9(16)12-13(17)11(15(2)14(12)18)8-10-6-4-3-5-7-10/h3-7,11,17H,8H2,1-2H3/t11-/m1/s1. The molecule has 0 spiro atoms. The molecule has 0 saturated heterocycles. The molecule has 1 amide bonds. The van der Waals surface area contributed by atoms with Crippen LogP contribution in [0.3, 0.4) is 0 Å². The van der Waals surface area contributed by atoms with E-state index in [1.807, 2.05) is 30.3 Å². The van der Waals surface area contributed by atoms with E-state index >= 15 is 0 Å². The number of benzene rings is 1. The topological polar surface area (TPSA) is 57.6 Å². The lowest BCUT2D eigenvalue weighted by atomic mass is 10.0. The Hall–Kier alpha value is -2.10. The first-order chi connectivity index (χ1) is 8.52. The maximum Gasteiger partial charge on any atom is 0.261 e. The lowest BCUT2D eigenvalue weighted by molar-refractivity contribution is -0.127. The molecule has 0 bridgehead atoms. The normalized spacial score (nSPS) is 19.6. The van der Waals surface area contributed by atoms with Crippen molar-refractivity contribution in [3.8, 4) is 0 Å². The molecule has 1 heterocycles. The van der Waals surface area contributed by atoms with Crippen LogP contribution in [0.2, 0.25) is 0 Å². The third-order valence-corrected chi connectivity index (χ3v) is 3.20. The van der Waals surface area contributed by atoms with Crippen LogP contribution in [-0.4, -0.2) is 34.8 Å². The SMILES string of the molecule is CC(=O)C1=C(O)[C@@H](Cc2ccccc2)N(C)C1=O. The summed E-state index contributed by atoms with van der Waals surface area (Å²) in [5, 5.41) is 10.0. The molecule has 1 atom stereocenters. The smallest absolute Gasteiger partial charge is 0.261 e. The first-order valence-electron chi connectivity index (χ1n) is 5.77. The Morgan fingerprint density at radius 1 is 1.33 bits per heavy atom. The van der Waals surface area contributed by atoms with Gasteiger partial charge in [-0.05, 0) is 12.5 Å². The highest BCUT2D eigenvalue weighted by Gasteiger charge is 2.38. The maximum atomic E-state index is 11.8. The Bertz CT molecular complexity index is 519. The van der Waals surface area contributed by atoms with Crippen LogP contribution in [0.5, 0.6) is 0 Å². The molecule has 1 aromatic carbocycles.